The van der Waals surface area contributed by atoms with Crippen LogP contribution in [-0.2, 0) is 4.79 Å². The first-order valence-corrected chi connectivity index (χ1v) is 7.41. The van der Waals surface area contributed by atoms with E-state index in [1.54, 1.807) is 6.07 Å². The number of halogens is 2. The van der Waals surface area contributed by atoms with E-state index in [9.17, 15) is 13.6 Å². The van der Waals surface area contributed by atoms with Gasteiger partial charge in [-0.1, -0.05) is 19.1 Å². The smallest absolute Gasteiger partial charge is 0.265 e. The zero-order chi connectivity index (χ0) is 17.0. The molecule has 1 unspecified atom stereocenters. The lowest BCUT2D eigenvalue weighted by Gasteiger charge is -2.19. The summed E-state index contributed by atoms with van der Waals surface area (Å²) in [5, 5.41) is 2.54. The normalized spacial score (nSPS) is 11.9. The molecule has 122 valence electrons. The van der Waals surface area contributed by atoms with Crippen LogP contribution < -0.4 is 10.1 Å². The maximum Gasteiger partial charge on any atom is 0.265 e. The summed E-state index contributed by atoms with van der Waals surface area (Å²) in [5.41, 5.74) is 2.22. The van der Waals surface area contributed by atoms with Gasteiger partial charge >= 0.3 is 0 Å². The highest BCUT2D eigenvalue weighted by Gasteiger charge is 2.20. The number of aryl methyl sites for hydroxylation is 1. The molecule has 0 saturated heterocycles. The molecule has 0 bridgehead atoms. The minimum atomic E-state index is -1.01. The van der Waals surface area contributed by atoms with Crippen LogP contribution in [0.3, 0.4) is 0 Å². The standard InChI is InChI=1S/C18H19F2NO2/c1-4-16(23-17-7-5-6-11(2)12(17)3)18(22)21-13-8-9-14(19)15(20)10-13/h5-10,16H,4H2,1-3H3,(H,21,22). The van der Waals surface area contributed by atoms with Crippen molar-refractivity contribution in [1.29, 1.82) is 0 Å². The summed E-state index contributed by atoms with van der Waals surface area (Å²) in [6, 6.07) is 8.84. The third-order valence-electron chi connectivity index (χ3n) is 3.67. The van der Waals surface area contributed by atoms with Crippen molar-refractivity contribution in [3.63, 3.8) is 0 Å². The fourth-order valence-electron chi connectivity index (χ4n) is 2.12. The molecule has 2 rings (SSSR count). The van der Waals surface area contributed by atoms with Crippen molar-refractivity contribution in [3.8, 4) is 5.75 Å². The van der Waals surface area contributed by atoms with Crippen LogP contribution in [0, 0.1) is 25.5 Å². The molecule has 2 aromatic carbocycles. The van der Waals surface area contributed by atoms with Crippen LogP contribution in [0.1, 0.15) is 24.5 Å². The van der Waals surface area contributed by atoms with Crippen LogP contribution in [0.2, 0.25) is 0 Å². The highest BCUT2D eigenvalue weighted by Crippen LogP contribution is 2.23. The Bertz CT molecular complexity index is 716. The summed E-state index contributed by atoms with van der Waals surface area (Å²) in [6.07, 6.45) is -0.272. The van der Waals surface area contributed by atoms with Gasteiger partial charge in [-0.3, -0.25) is 4.79 Å². The van der Waals surface area contributed by atoms with Crippen molar-refractivity contribution in [3.05, 3.63) is 59.2 Å². The molecule has 0 spiro atoms. The molecule has 1 N–H and O–H groups in total. The van der Waals surface area contributed by atoms with Gasteiger partial charge in [0.2, 0.25) is 0 Å². The van der Waals surface area contributed by atoms with Crippen molar-refractivity contribution in [2.45, 2.75) is 33.3 Å². The predicted octanol–water partition coefficient (Wildman–Crippen LogP) is 4.38. The minimum absolute atomic E-state index is 0.192. The lowest BCUT2D eigenvalue weighted by molar-refractivity contribution is -0.122. The summed E-state index contributed by atoms with van der Waals surface area (Å²) in [7, 11) is 0. The molecule has 3 nitrogen and oxygen atoms in total. The van der Waals surface area contributed by atoms with Gasteiger partial charge in [-0.2, -0.15) is 0 Å². The lowest BCUT2D eigenvalue weighted by Crippen LogP contribution is -2.32. The van der Waals surface area contributed by atoms with Crippen LogP contribution in [0.15, 0.2) is 36.4 Å². The number of carbonyl (C=O) groups is 1. The molecule has 2 aromatic rings. The van der Waals surface area contributed by atoms with Gasteiger partial charge in [0.25, 0.3) is 5.91 Å². The molecular formula is C18H19F2NO2. The Morgan fingerprint density at radius 3 is 2.57 bits per heavy atom. The quantitative estimate of drug-likeness (QED) is 0.888. The molecule has 0 aliphatic heterocycles. The maximum absolute atomic E-state index is 13.2. The second-order valence-electron chi connectivity index (χ2n) is 5.33. The zero-order valence-electron chi connectivity index (χ0n) is 13.3. The van der Waals surface area contributed by atoms with Gasteiger partial charge in [0.05, 0.1) is 0 Å². The van der Waals surface area contributed by atoms with E-state index in [-0.39, 0.29) is 5.69 Å². The Balaban J connectivity index is 2.12. The second kappa shape index (κ2) is 7.22. The number of carbonyl (C=O) groups excluding carboxylic acids is 1. The number of hydrogen-bond donors (Lipinski definition) is 1. The average molecular weight is 319 g/mol. The molecule has 1 atom stereocenters. The van der Waals surface area contributed by atoms with Crippen molar-refractivity contribution >= 4 is 11.6 Å². The minimum Gasteiger partial charge on any atom is -0.480 e. The predicted molar refractivity (Wildman–Crippen MR) is 85.6 cm³/mol. The third-order valence-corrected chi connectivity index (χ3v) is 3.67. The van der Waals surface area contributed by atoms with Crippen LogP contribution in [-0.4, -0.2) is 12.0 Å². The summed E-state index contributed by atoms with van der Waals surface area (Å²) in [6.45, 7) is 5.70. The molecule has 0 aliphatic rings. The van der Waals surface area contributed by atoms with Crippen LogP contribution in [0.5, 0.6) is 5.75 Å². The van der Waals surface area contributed by atoms with Crippen LogP contribution in [0.25, 0.3) is 0 Å². The first-order chi connectivity index (χ1) is 10.9. The van der Waals surface area contributed by atoms with Gasteiger partial charge in [-0.15, -0.1) is 0 Å². The van der Waals surface area contributed by atoms with E-state index >= 15 is 0 Å². The number of nitrogens with one attached hydrogen (secondary N) is 1. The van der Waals surface area contributed by atoms with Gasteiger partial charge < -0.3 is 10.1 Å². The largest absolute Gasteiger partial charge is 0.480 e. The maximum atomic E-state index is 13.2. The van der Waals surface area contributed by atoms with Crippen molar-refractivity contribution in [2.24, 2.45) is 0 Å². The molecule has 1 amide bonds. The van der Waals surface area contributed by atoms with Crippen LogP contribution in [0.4, 0.5) is 14.5 Å². The van der Waals surface area contributed by atoms with Crippen molar-refractivity contribution in [1.82, 2.24) is 0 Å². The second-order valence-corrected chi connectivity index (χ2v) is 5.33. The Morgan fingerprint density at radius 2 is 1.91 bits per heavy atom. The summed E-state index contributed by atoms with van der Waals surface area (Å²) in [5.74, 6) is -1.73. The van der Waals surface area contributed by atoms with Gasteiger partial charge in [-0.05, 0) is 49.6 Å². The first-order valence-electron chi connectivity index (χ1n) is 7.41. The molecule has 0 saturated carbocycles. The highest BCUT2D eigenvalue weighted by atomic mass is 19.2. The third kappa shape index (κ3) is 4.06. The fraction of sp³-hybridized carbons (Fsp3) is 0.278. The number of rotatable bonds is 5. The Morgan fingerprint density at radius 1 is 1.17 bits per heavy atom. The summed E-state index contributed by atoms with van der Waals surface area (Å²) < 4.78 is 31.9. The zero-order valence-corrected chi connectivity index (χ0v) is 13.3. The van der Waals surface area contributed by atoms with Gasteiger partial charge in [-0.25, -0.2) is 8.78 Å². The molecule has 0 aliphatic carbocycles. The molecular weight excluding hydrogens is 300 g/mol. The molecule has 5 heteroatoms. The number of amides is 1. The fourth-order valence-corrected chi connectivity index (χ4v) is 2.12. The van der Waals surface area contributed by atoms with E-state index in [0.717, 1.165) is 23.3 Å². The van der Waals surface area contributed by atoms with Crippen molar-refractivity contribution < 1.29 is 18.3 Å². The lowest BCUT2D eigenvalue weighted by atomic mass is 10.1. The van der Waals surface area contributed by atoms with Gasteiger partial charge in [0.1, 0.15) is 5.75 Å². The number of anilines is 1. The Kier molecular flexibility index (Phi) is 5.32. The molecule has 23 heavy (non-hydrogen) atoms. The monoisotopic (exact) mass is 319 g/mol. The number of benzene rings is 2. The Labute approximate surface area is 134 Å². The summed E-state index contributed by atoms with van der Waals surface area (Å²) >= 11 is 0. The molecule has 0 fully saturated rings. The topological polar surface area (TPSA) is 38.3 Å². The average Bonchev–Trinajstić information content (AvgIpc) is 2.52. The van der Waals surface area contributed by atoms with E-state index in [4.69, 9.17) is 4.74 Å². The van der Waals surface area contributed by atoms with E-state index in [0.29, 0.717) is 12.2 Å². The number of ether oxygens (including phenoxy) is 1. The molecule has 0 heterocycles. The molecule has 0 radical (unpaired) electrons. The van der Waals surface area contributed by atoms with Crippen LogP contribution >= 0.6 is 0 Å². The van der Waals surface area contributed by atoms with Gasteiger partial charge in [0, 0.05) is 11.8 Å². The van der Waals surface area contributed by atoms with E-state index in [1.165, 1.54) is 6.07 Å². The molecule has 0 aromatic heterocycles. The SMILES string of the molecule is CCC(Oc1cccc(C)c1C)C(=O)Nc1ccc(F)c(F)c1. The van der Waals surface area contributed by atoms with E-state index < -0.39 is 23.6 Å². The van der Waals surface area contributed by atoms with E-state index in [1.807, 2.05) is 32.9 Å². The Hall–Kier alpha value is -2.43. The first kappa shape index (κ1) is 16.9. The highest BCUT2D eigenvalue weighted by molar-refractivity contribution is 5.94. The summed E-state index contributed by atoms with van der Waals surface area (Å²) in [4.78, 5) is 12.3. The van der Waals surface area contributed by atoms with Crippen molar-refractivity contribution in [2.75, 3.05) is 5.32 Å². The van der Waals surface area contributed by atoms with E-state index in [2.05, 4.69) is 5.32 Å². The number of hydrogen-bond acceptors (Lipinski definition) is 2. The van der Waals surface area contributed by atoms with Gasteiger partial charge in [0.15, 0.2) is 17.7 Å².